The number of hydrogen-bond acceptors (Lipinski definition) is 5. The Morgan fingerprint density at radius 3 is 2.12 bits per heavy atom. The zero-order valence-corrected chi connectivity index (χ0v) is 31.3. The molecule has 4 heterocycles. The number of ether oxygens (including phenoxy) is 1. The van der Waals surface area contributed by atoms with Gasteiger partial charge in [-0.05, 0) is 65.2 Å². The SMILES string of the molecule is Cn1c(-c2cccc(Oc3cc4c(c5sc6ccccc6c35)C(c3ccccc3)(c3ccccc3)c3ccccc3N4c3ccccn3)c2)nc2ccccc21. The standard InChI is InChI=1S/C50H34N4OS/c1-53-41-27-12-10-25-39(41)52-49(53)33-17-16-22-36(31-33)55-43-32-42-47(48-46(43)37-23-8-13-28-44(37)56-48)50(34-18-4-2-5-19-34,35-20-6-3-7-21-35)38-24-9-11-26-40(38)54(42)45-29-14-15-30-51-45/h2-32H,1H3. The number of rotatable bonds is 6. The molecule has 0 atom stereocenters. The quantitative estimate of drug-likeness (QED) is 0.170. The number of thiophene rings is 1. The summed E-state index contributed by atoms with van der Waals surface area (Å²) in [5, 5.41) is 2.25. The molecule has 7 aromatic carbocycles. The second-order valence-corrected chi connectivity index (χ2v) is 15.3. The highest BCUT2D eigenvalue weighted by molar-refractivity contribution is 7.26. The number of fused-ring (bicyclic) bond motifs is 7. The molecule has 0 amide bonds. The van der Waals surface area contributed by atoms with Crippen LogP contribution in [-0.4, -0.2) is 14.5 Å². The van der Waals surface area contributed by atoms with Crippen LogP contribution < -0.4 is 9.64 Å². The van der Waals surface area contributed by atoms with Gasteiger partial charge in [0.05, 0.1) is 27.8 Å². The smallest absolute Gasteiger partial charge is 0.140 e. The van der Waals surface area contributed by atoms with Crippen LogP contribution in [0.5, 0.6) is 11.5 Å². The first-order valence-corrected chi connectivity index (χ1v) is 19.6. The normalized spacial score (nSPS) is 13.2. The van der Waals surface area contributed by atoms with Crippen LogP contribution in [0, 0.1) is 0 Å². The molecule has 1 aliphatic heterocycles. The Hall–Kier alpha value is -7.02. The number of aryl methyl sites for hydroxylation is 1. The Kier molecular flexibility index (Phi) is 7.41. The number of nitrogens with zero attached hydrogens (tertiary/aromatic N) is 4. The molecule has 6 heteroatoms. The second-order valence-electron chi connectivity index (χ2n) is 14.2. The number of benzene rings is 7. The van der Waals surface area contributed by atoms with E-state index in [0.29, 0.717) is 0 Å². The number of anilines is 3. The third kappa shape index (κ3) is 4.79. The highest BCUT2D eigenvalue weighted by Gasteiger charge is 2.48. The minimum Gasteiger partial charge on any atom is -0.457 e. The van der Waals surface area contributed by atoms with Crippen LogP contribution in [0.25, 0.3) is 42.6 Å². The third-order valence-corrected chi connectivity index (χ3v) is 12.3. The Balaban J connectivity index is 1.24. The van der Waals surface area contributed by atoms with E-state index in [9.17, 15) is 0 Å². The summed E-state index contributed by atoms with van der Waals surface area (Å²) in [6.45, 7) is 0. The van der Waals surface area contributed by atoms with E-state index in [2.05, 4.69) is 180 Å². The fourth-order valence-electron chi connectivity index (χ4n) is 8.83. The van der Waals surface area contributed by atoms with Crippen molar-refractivity contribution in [1.29, 1.82) is 0 Å². The molecular weight excluding hydrogens is 705 g/mol. The average molecular weight is 739 g/mol. The molecule has 266 valence electrons. The van der Waals surface area contributed by atoms with Crippen LogP contribution in [0.1, 0.15) is 22.3 Å². The van der Waals surface area contributed by atoms with Crippen molar-refractivity contribution in [3.8, 4) is 22.9 Å². The van der Waals surface area contributed by atoms with Crippen LogP contribution in [-0.2, 0) is 12.5 Å². The van der Waals surface area contributed by atoms with Gasteiger partial charge < -0.3 is 9.30 Å². The molecule has 10 aromatic rings. The van der Waals surface area contributed by atoms with Gasteiger partial charge in [0.25, 0.3) is 0 Å². The van der Waals surface area contributed by atoms with Crippen LogP contribution in [0.2, 0.25) is 0 Å². The Bertz CT molecular complexity index is 3040. The number of hydrogen-bond donors (Lipinski definition) is 0. The lowest BCUT2D eigenvalue weighted by molar-refractivity contribution is 0.488. The minimum absolute atomic E-state index is 0.669. The summed E-state index contributed by atoms with van der Waals surface area (Å²) in [4.78, 5) is 12.3. The van der Waals surface area contributed by atoms with Crippen molar-refractivity contribution in [2.24, 2.45) is 7.05 Å². The van der Waals surface area contributed by atoms with Crippen molar-refractivity contribution in [1.82, 2.24) is 14.5 Å². The summed E-state index contributed by atoms with van der Waals surface area (Å²) in [5.74, 6) is 3.26. The van der Waals surface area contributed by atoms with Crippen LogP contribution in [0.4, 0.5) is 17.2 Å². The Morgan fingerprint density at radius 1 is 0.625 bits per heavy atom. The summed E-state index contributed by atoms with van der Waals surface area (Å²) in [6.07, 6.45) is 1.87. The highest BCUT2D eigenvalue weighted by atomic mass is 32.1. The fourth-order valence-corrected chi connectivity index (χ4v) is 10.1. The molecular formula is C50H34N4OS. The number of aromatic nitrogens is 3. The zero-order chi connectivity index (χ0) is 37.2. The molecule has 56 heavy (non-hydrogen) atoms. The predicted octanol–water partition coefficient (Wildman–Crippen LogP) is 13.0. The van der Waals surface area contributed by atoms with E-state index >= 15 is 0 Å². The van der Waals surface area contributed by atoms with Gasteiger partial charge in [-0.1, -0.05) is 127 Å². The highest BCUT2D eigenvalue weighted by Crippen LogP contribution is 2.62. The maximum Gasteiger partial charge on any atom is 0.140 e. The lowest BCUT2D eigenvalue weighted by atomic mass is 9.62. The van der Waals surface area contributed by atoms with E-state index in [0.717, 1.165) is 61.9 Å². The second kappa shape index (κ2) is 12.8. The first-order chi connectivity index (χ1) is 27.7. The van der Waals surface area contributed by atoms with E-state index < -0.39 is 5.41 Å². The van der Waals surface area contributed by atoms with Crippen molar-refractivity contribution in [3.63, 3.8) is 0 Å². The molecule has 0 saturated carbocycles. The van der Waals surface area contributed by atoms with Crippen molar-refractivity contribution >= 4 is 59.7 Å². The molecule has 0 bridgehead atoms. The van der Waals surface area contributed by atoms with E-state index in [1.807, 2.05) is 35.7 Å². The lowest BCUT2D eigenvalue weighted by Gasteiger charge is -2.46. The monoisotopic (exact) mass is 738 g/mol. The van der Waals surface area contributed by atoms with Crippen molar-refractivity contribution in [2.75, 3.05) is 4.90 Å². The summed E-state index contributed by atoms with van der Waals surface area (Å²) in [6, 6.07) is 64.4. The molecule has 0 saturated heterocycles. The third-order valence-electron chi connectivity index (χ3n) is 11.2. The van der Waals surface area contributed by atoms with Gasteiger partial charge >= 0.3 is 0 Å². The molecule has 0 aliphatic carbocycles. The van der Waals surface area contributed by atoms with Gasteiger partial charge in [-0.3, -0.25) is 4.90 Å². The van der Waals surface area contributed by atoms with Crippen LogP contribution in [0.15, 0.2) is 188 Å². The van der Waals surface area contributed by atoms with Gasteiger partial charge in [-0.25, -0.2) is 9.97 Å². The lowest BCUT2D eigenvalue weighted by Crippen LogP contribution is -2.38. The average Bonchev–Trinajstić information content (AvgIpc) is 3.82. The number of imidazole rings is 1. The largest absolute Gasteiger partial charge is 0.457 e. The summed E-state index contributed by atoms with van der Waals surface area (Å²) < 4.78 is 11.7. The summed E-state index contributed by atoms with van der Waals surface area (Å²) in [5.41, 5.74) is 9.26. The van der Waals surface area contributed by atoms with Gasteiger partial charge in [-0.15, -0.1) is 11.3 Å². The van der Waals surface area contributed by atoms with Crippen molar-refractivity contribution < 1.29 is 4.74 Å². The molecule has 11 rings (SSSR count). The van der Waals surface area contributed by atoms with Gasteiger partial charge in [0.1, 0.15) is 23.1 Å². The van der Waals surface area contributed by atoms with Gasteiger partial charge in [-0.2, -0.15) is 0 Å². The topological polar surface area (TPSA) is 43.2 Å². The maximum atomic E-state index is 7.17. The van der Waals surface area contributed by atoms with E-state index in [-0.39, 0.29) is 0 Å². The van der Waals surface area contributed by atoms with E-state index in [4.69, 9.17) is 14.7 Å². The molecule has 0 radical (unpaired) electrons. The van der Waals surface area contributed by atoms with Crippen LogP contribution in [0.3, 0.4) is 0 Å². The summed E-state index contributed by atoms with van der Waals surface area (Å²) in [7, 11) is 2.07. The number of para-hydroxylation sites is 3. The first-order valence-electron chi connectivity index (χ1n) is 18.8. The Labute approximate surface area is 328 Å². The van der Waals surface area contributed by atoms with Crippen molar-refractivity contribution in [3.05, 3.63) is 210 Å². The van der Waals surface area contributed by atoms with Gasteiger partial charge in [0, 0.05) is 50.6 Å². The summed E-state index contributed by atoms with van der Waals surface area (Å²) >= 11 is 1.83. The van der Waals surface area contributed by atoms with Gasteiger partial charge in [0.15, 0.2) is 0 Å². The van der Waals surface area contributed by atoms with Gasteiger partial charge in [0.2, 0.25) is 0 Å². The molecule has 0 spiro atoms. The van der Waals surface area contributed by atoms with Crippen LogP contribution >= 0.6 is 11.3 Å². The molecule has 3 aromatic heterocycles. The molecule has 0 unspecified atom stereocenters. The maximum absolute atomic E-state index is 7.17. The van der Waals surface area contributed by atoms with E-state index in [1.54, 1.807) is 0 Å². The molecule has 0 N–H and O–H groups in total. The Morgan fingerprint density at radius 2 is 1.34 bits per heavy atom. The number of pyridine rings is 1. The zero-order valence-electron chi connectivity index (χ0n) is 30.5. The van der Waals surface area contributed by atoms with Crippen molar-refractivity contribution in [2.45, 2.75) is 5.41 Å². The molecule has 5 nitrogen and oxygen atoms in total. The fraction of sp³-hybridized carbons (Fsp3) is 0.0400. The predicted molar refractivity (Wildman–Crippen MR) is 230 cm³/mol. The first kappa shape index (κ1) is 32.4. The molecule has 0 fully saturated rings. The van der Waals surface area contributed by atoms with E-state index in [1.165, 1.54) is 31.7 Å². The minimum atomic E-state index is -0.669. The molecule has 1 aliphatic rings.